The average Bonchev–Trinajstić information content (AvgIpc) is 2.89. The topological polar surface area (TPSA) is 91.6 Å². The summed E-state index contributed by atoms with van der Waals surface area (Å²) in [7, 11) is 1.48. The van der Waals surface area contributed by atoms with E-state index in [9.17, 15) is 19.1 Å². The molecule has 122 valence electrons. The minimum absolute atomic E-state index is 0.000936. The molecule has 0 radical (unpaired) electrons. The van der Waals surface area contributed by atoms with Crippen LogP contribution in [0.5, 0.6) is 0 Å². The number of aliphatic hydroxyl groups excluding tert-OH is 1. The second-order valence-corrected chi connectivity index (χ2v) is 5.11. The number of nitrogens with one attached hydrogen (secondary N) is 1. The minimum atomic E-state index is -1.13. The lowest BCUT2D eigenvalue weighted by Gasteiger charge is -2.16. The second kappa shape index (κ2) is 7.06. The number of amides is 1. The van der Waals surface area contributed by atoms with Crippen molar-refractivity contribution >= 4 is 11.9 Å². The molecule has 0 aliphatic carbocycles. The van der Waals surface area contributed by atoms with Gasteiger partial charge in [-0.15, -0.1) is 0 Å². The van der Waals surface area contributed by atoms with Crippen molar-refractivity contribution in [1.82, 2.24) is 9.88 Å². The number of hydrogen-bond acceptors (Lipinski definition) is 3. The van der Waals surface area contributed by atoms with Crippen molar-refractivity contribution < 1.29 is 24.2 Å². The van der Waals surface area contributed by atoms with E-state index >= 15 is 0 Å². The van der Waals surface area contributed by atoms with Crippen molar-refractivity contribution in [2.45, 2.75) is 5.92 Å². The number of rotatable bonds is 6. The van der Waals surface area contributed by atoms with Gasteiger partial charge >= 0.3 is 5.97 Å². The van der Waals surface area contributed by atoms with Crippen LogP contribution in [0.1, 0.15) is 32.5 Å². The molecule has 3 N–H and O–H groups in total. The molecule has 6 nitrogen and oxygen atoms in total. The molecule has 1 aromatic heterocycles. The highest BCUT2D eigenvalue weighted by molar-refractivity contribution is 5.95. The number of aromatic carboxylic acids is 1. The average molecular weight is 320 g/mol. The predicted octanol–water partition coefficient (Wildman–Crippen LogP) is 1.37. The van der Waals surface area contributed by atoms with Crippen LogP contribution in [0.25, 0.3) is 0 Å². The second-order valence-electron chi connectivity index (χ2n) is 5.11. The van der Waals surface area contributed by atoms with Crippen LogP contribution in [0, 0.1) is 5.82 Å². The van der Waals surface area contributed by atoms with Crippen LogP contribution >= 0.6 is 0 Å². The van der Waals surface area contributed by atoms with Crippen LogP contribution in [-0.2, 0) is 7.05 Å². The molecule has 0 aliphatic heterocycles. The number of carboxylic acid groups (broad SMARTS) is 1. The van der Waals surface area contributed by atoms with Crippen LogP contribution in [0.15, 0.2) is 36.4 Å². The van der Waals surface area contributed by atoms with Gasteiger partial charge in [0, 0.05) is 19.5 Å². The van der Waals surface area contributed by atoms with Gasteiger partial charge in [-0.05, 0) is 29.8 Å². The van der Waals surface area contributed by atoms with Gasteiger partial charge in [-0.1, -0.05) is 12.1 Å². The summed E-state index contributed by atoms with van der Waals surface area (Å²) in [6.07, 6.45) is 0. The molecule has 2 aromatic rings. The molecule has 1 aromatic carbocycles. The van der Waals surface area contributed by atoms with Crippen molar-refractivity contribution in [2.75, 3.05) is 13.2 Å². The molecule has 0 saturated carbocycles. The maximum absolute atomic E-state index is 13.2. The van der Waals surface area contributed by atoms with E-state index in [1.54, 1.807) is 6.07 Å². The zero-order chi connectivity index (χ0) is 17.0. The van der Waals surface area contributed by atoms with Gasteiger partial charge < -0.3 is 20.1 Å². The number of hydrogen-bond donors (Lipinski definition) is 3. The lowest BCUT2D eigenvalue weighted by atomic mass is 10.00. The number of aliphatic hydroxyl groups is 1. The Morgan fingerprint density at radius 2 is 1.96 bits per heavy atom. The fourth-order valence-corrected chi connectivity index (χ4v) is 2.31. The molecule has 1 unspecified atom stereocenters. The molecule has 0 spiro atoms. The number of benzene rings is 1. The predicted molar refractivity (Wildman–Crippen MR) is 80.9 cm³/mol. The van der Waals surface area contributed by atoms with Gasteiger partial charge in [-0.2, -0.15) is 0 Å². The van der Waals surface area contributed by atoms with E-state index in [1.165, 1.54) is 41.9 Å². The van der Waals surface area contributed by atoms with Crippen molar-refractivity contribution in [3.8, 4) is 0 Å². The molecule has 0 fully saturated rings. The highest BCUT2D eigenvalue weighted by Crippen LogP contribution is 2.16. The summed E-state index contributed by atoms with van der Waals surface area (Å²) in [6.45, 7) is -0.149. The van der Waals surface area contributed by atoms with E-state index in [4.69, 9.17) is 5.11 Å². The zero-order valence-corrected chi connectivity index (χ0v) is 12.5. The van der Waals surface area contributed by atoms with Crippen molar-refractivity contribution in [1.29, 1.82) is 0 Å². The normalized spacial score (nSPS) is 12.0. The van der Waals surface area contributed by atoms with E-state index in [2.05, 4.69) is 5.32 Å². The number of carboxylic acids is 1. The first-order valence-corrected chi connectivity index (χ1v) is 6.97. The maximum atomic E-state index is 13.2. The monoisotopic (exact) mass is 320 g/mol. The summed E-state index contributed by atoms with van der Waals surface area (Å²) in [4.78, 5) is 23.1. The lowest BCUT2D eigenvalue weighted by Crippen LogP contribution is -2.31. The molecule has 0 aliphatic rings. The molecular formula is C16H17FN2O4. The number of nitrogens with zero attached hydrogens (tertiary/aromatic N) is 1. The Morgan fingerprint density at radius 1 is 1.26 bits per heavy atom. The minimum Gasteiger partial charge on any atom is -0.477 e. The van der Waals surface area contributed by atoms with Gasteiger partial charge in [-0.25, -0.2) is 9.18 Å². The molecule has 0 bridgehead atoms. The Balaban J connectivity index is 2.07. The van der Waals surface area contributed by atoms with Crippen molar-refractivity contribution in [3.05, 3.63) is 59.2 Å². The fourth-order valence-electron chi connectivity index (χ4n) is 2.31. The molecule has 2 rings (SSSR count). The van der Waals surface area contributed by atoms with E-state index < -0.39 is 23.6 Å². The Kier molecular flexibility index (Phi) is 5.13. The SMILES string of the molecule is Cn1c(C(=O)O)ccc1C(=O)NCC(CO)c1cccc(F)c1. The molecule has 7 heteroatoms. The van der Waals surface area contributed by atoms with Crippen LogP contribution in [0.3, 0.4) is 0 Å². The van der Waals surface area contributed by atoms with Gasteiger partial charge in [0.15, 0.2) is 0 Å². The maximum Gasteiger partial charge on any atom is 0.352 e. The molecule has 23 heavy (non-hydrogen) atoms. The summed E-state index contributed by atoms with van der Waals surface area (Å²) in [6, 6.07) is 8.56. The Labute approximate surface area is 132 Å². The van der Waals surface area contributed by atoms with Crippen LogP contribution in [0.4, 0.5) is 4.39 Å². The summed E-state index contributed by atoms with van der Waals surface area (Å²) in [5.41, 5.74) is 0.767. The summed E-state index contributed by atoms with van der Waals surface area (Å²) >= 11 is 0. The Bertz CT molecular complexity index is 727. The fraction of sp³-hybridized carbons (Fsp3) is 0.250. The third-order valence-electron chi connectivity index (χ3n) is 3.62. The number of carbonyl (C=O) groups excluding carboxylic acids is 1. The third kappa shape index (κ3) is 3.75. The van der Waals surface area contributed by atoms with Gasteiger partial charge in [-0.3, -0.25) is 4.79 Å². The van der Waals surface area contributed by atoms with E-state index in [0.29, 0.717) is 5.56 Å². The summed E-state index contributed by atoms with van der Waals surface area (Å²) < 4.78 is 14.5. The van der Waals surface area contributed by atoms with Gasteiger partial charge in [0.05, 0.1) is 6.61 Å². The first-order valence-electron chi connectivity index (χ1n) is 6.97. The van der Waals surface area contributed by atoms with Gasteiger partial charge in [0.1, 0.15) is 17.2 Å². The smallest absolute Gasteiger partial charge is 0.352 e. The lowest BCUT2D eigenvalue weighted by molar-refractivity contribution is 0.0686. The largest absolute Gasteiger partial charge is 0.477 e. The highest BCUT2D eigenvalue weighted by Gasteiger charge is 2.18. The first-order chi connectivity index (χ1) is 10.9. The van der Waals surface area contributed by atoms with Gasteiger partial charge in [0.25, 0.3) is 5.91 Å². The molecule has 1 heterocycles. The van der Waals surface area contributed by atoms with Crippen molar-refractivity contribution in [3.63, 3.8) is 0 Å². The Morgan fingerprint density at radius 3 is 2.52 bits per heavy atom. The van der Waals surface area contributed by atoms with Crippen LogP contribution in [0.2, 0.25) is 0 Å². The van der Waals surface area contributed by atoms with Crippen molar-refractivity contribution in [2.24, 2.45) is 7.05 Å². The molecule has 0 saturated heterocycles. The zero-order valence-electron chi connectivity index (χ0n) is 12.5. The highest BCUT2D eigenvalue weighted by atomic mass is 19.1. The van der Waals surface area contributed by atoms with E-state index in [0.717, 1.165) is 0 Å². The van der Waals surface area contributed by atoms with E-state index in [1.807, 2.05) is 0 Å². The molecular weight excluding hydrogens is 303 g/mol. The number of carbonyl (C=O) groups is 2. The molecule has 1 atom stereocenters. The van der Waals surface area contributed by atoms with Gasteiger partial charge in [0.2, 0.25) is 0 Å². The van der Waals surface area contributed by atoms with E-state index in [-0.39, 0.29) is 24.5 Å². The first kappa shape index (κ1) is 16.7. The number of halogens is 1. The summed E-state index contributed by atoms with van der Waals surface area (Å²) in [5, 5.41) is 21.0. The van der Waals surface area contributed by atoms with Crippen LogP contribution in [-0.4, -0.2) is 39.8 Å². The Hall–Kier alpha value is -2.67. The van der Waals surface area contributed by atoms with Crippen LogP contribution < -0.4 is 5.32 Å². The standard InChI is InChI=1S/C16H17FN2O4/c1-19-13(5-6-14(19)16(22)23)15(21)18-8-11(9-20)10-3-2-4-12(17)7-10/h2-7,11,20H,8-9H2,1H3,(H,18,21)(H,22,23). The quantitative estimate of drug-likeness (QED) is 0.749. The summed E-state index contributed by atoms with van der Waals surface area (Å²) in [5.74, 6) is -2.45. The third-order valence-corrected chi connectivity index (χ3v) is 3.62. The number of aromatic nitrogens is 1. The molecule has 1 amide bonds.